The lowest BCUT2D eigenvalue weighted by Gasteiger charge is -2.18. The molecule has 0 rings (SSSR count). The van der Waals surface area contributed by atoms with E-state index in [0.29, 0.717) is 19.3 Å². The molecule has 0 aromatic rings. The van der Waals surface area contributed by atoms with Crippen LogP contribution < -0.4 is 0 Å². The Kier molecular flexibility index (Phi) is 54.2. The van der Waals surface area contributed by atoms with E-state index in [9.17, 15) is 14.4 Å². The molecule has 0 aliphatic heterocycles. The Hall–Kier alpha value is -1.85. The Morgan fingerprint density at radius 3 is 0.758 bits per heavy atom. The van der Waals surface area contributed by atoms with Crippen molar-refractivity contribution in [2.24, 2.45) is 0 Å². The molecule has 0 unspecified atom stereocenters. The third-order valence-electron chi connectivity index (χ3n) is 13.5. The van der Waals surface area contributed by atoms with Gasteiger partial charge in [0, 0.05) is 19.3 Å². The highest BCUT2D eigenvalue weighted by Crippen LogP contribution is 2.17. The summed E-state index contributed by atoms with van der Waals surface area (Å²) in [6, 6.07) is 0. The van der Waals surface area contributed by atoms with Crippen LogP contribution in [0.3, 0.4) is 0 Å². The average molecular weight is 932 g/mol. The largest absolute Gasteiger partial charge is 0.462 e. The Morgan fingerprint density at radius 1 is 0.288 bits per heavy atom. The van der Waals surface area contributed by atoms with Crippen molar-refractivity contribution in [2.75, 3.05) is 13.2 Å². The van der Waals surface area contributed by atoms with Gasteiger partial charge in [-0.05, 0) is 44.9 Å². The average Bonchev–Trinajstić information content (AvgIpc) is 3.31. The lowest BCUT2D eigenvalue weighted by atomic mass is 10.0. The Bertz CT molecular complexity index is 1020. The predicted octanol–water partition coefficient (Wildman–Crippen LogP) is 19.7. The summed E-state index contributed by atoms with van der Waals surface area (Å²) >= 11 is 0. The van der Waals surface area contributed by atoms with Crippen LogP contribution in [0, 0.1) is 0 Å². The van der Waals surface area contributed by atoms with Gasteiger partial charge in [0.15, 0.2) is 6.10 Å². The first-order valence-electron chi connectivity index (χ1n) is 29.7. The third-order valence-corrected chi connectivity index (χ3v) is 13.5. The van der Waals surface area contributed by atoms with E-state index in [1.165, 1.54) is 231 Å². The molecular weight excluding hydrogens is 817 g/mol. The van der Waals surface area contributed by atoms with Crippen molar-refractivity contribution in [3.63, 3.8) is 0 Å². The molecule has 0 aliphatic carbocycles. The molecule has 0 spiro atoms. The molecule has 6 nitrogen and oxygen atoms in total. The number of hydrogen-bond acceptors (Lipinski definition) is 6. The molecule has 0 N–H and O–H groups in total. The van der Waals surface area contributed by atoms with E-state index in [1.54, 1.807) is 0 Å². The highest BCUT2D eigenvalue weighted by molar-refractivity contribution is 5.71. The number of allylic oxidation sites excluding steroid dienone is 2. The molecule has 0 saturated heterocycles. The second-order valence-electron chi connectivity index (χ2n) is 20.3. The summed E-state index contributed by atoms with van der Waals surface area (Å²) in [7, 11) is 0. The molecule has 0 radical (unpaired) electrons. The summed E-state index contributed by atoms with van der Waals surface area (Å²) in [5, 5.41) is 0. The quantitative estimate of drug-likeness (QED) is 0.0262. The minimum absolute atomic E-state index is 0.0663. The van der Waals surface area contributed by atoms with Gasteiger partial charge in [-0.3, -0.25) is 14.4 Å². The third kappa shape index (κ3) is 53.1. The molecule has 390 valence electrons. The van der Waals surface area contributed by atoms with Crippen molar-refractivity contribution in [1.82, 2.24) is 0 Å². The summed E-state index contributed by atoms with van der Waals surface area (Å²) in [6.07, 6.45) is 63.4. The van der Waals surface area contributed by atoms with Crippen LogP contribution in [-0.2, 0) is 28.6 Å². The monoisotopic (exact) mass is 931 g/mol. The van der Waals surface area contributed by atoms with Gasteiger partial charge >= 0.3 is 17.9 Å². The maximum Gasteiger partial charge on any atom is 0.306 e. The van der Waals surface area contributed by atoms with E-state index >= 15 is 0 Å². The predicted molar refractivity (Wildman–Crippen MR) is 284 cm³/mol. The van der Waals surface area contributed by atoms with E-state index in [-0.39, 0.29) is 31.1 Å². The van der Waals surface area contributed by atoms with Gasteiger partial charge in [0.05, 0.1) is 0 Å². The van der Waals surface area contributed by atoms with Gasteiger partial charge < -0.3 is 14.2 Å². The molecule has 0 amide bonds. The first-order chi connectivity index (χ1) is 32.5. The molecule has 0 fully saturated rings. The molecule has 0 saturated carbocycles. The molecule has 0 heterocycles. The minimum atomic E-state index is -0.767. The fraction of sp³-hybridized carbons (Fsp3) is 0.917. The lowest BCUT2D eigenvalue weighted by molar-refractivity contribution is -0.167. The van der Waals surface area contributed by atoms with Crippen molar-refractivity contribution < 1.29 is 28.6 Å². The molecule has 0 aliphatic rings. The first kappa shape index (κ1) is 64.2. The summed E-state index contributed by atoms with van der Waals surface area (Å²) in [4.78, 5) is 38.2. The maximum atomic E-state index is 12.9. The zero-order chi connectivity index (χ0) is 47.9. The number of rotatable bonds is 55. The number of carbonyl (C=O) groups is 3. The lowest BCUT2D eigenvalue weighted by Crippen LogP contribution is -2.30. The highest BCUT2D eigenvalue weighted by atomic mass is 16.6. The van der Waals surface area contributed by atoms with Crippen molar-refractivity contribution in [1.29, 1.82) is 0 Å². The van der Waals surface area contributed by atoms with E-state index in [2.05, 4.69) is 32.9 Å². The van der Waals surface area contributed by atoms with E-state index in [0.717, 1.165) is 64.2 Å². The zero-order valence-corrected chi connectivity index (χ0v) is 44.7. The van der Waals surface area contributed by atoms with Gasteiger partial charge in [-0.1, -0.05) is 283 Å². The van der Waals surface area contributed by atoms with Gasteiger partial charge in [0.1, 0.15) is 13.2 Å². The van der Waals surface area contributed by atoms with Crippen LogP contribution in [0.25, 0.3) is 0 Å². The van der Waals surface area contributed by atoms with Crippen LogP contribution in [0.2, 0.25) is 0 Å². The number of ether oxygens (including phenoxy) is 3. The molecule has 66 heavy (non-hydrogen) atoms. The van der Waals surface area contributed by atoms with Crippen molar-refractivity contribution in [3.05, 3.63) is 12.2 Å². The standard InChI is InChI=1S/C60H114O6/c1-4-7-10-13-16-19-22-25-28-30-31-33-35-38-41-44-47-50-53-59(62)65-56-57(55-64-58(61)52-49-46-43-40-37-34-27-24-21-18-15-12-9-6-3)66-60(63)54-51-48-45-42-39-36-32-29-26-23-20-17-14-11-8-5-2/h24,27,57H,4-23,25-26,28-56H2,1-3H3/b27-24+/t57-/m1/s1. The van der Waals surface area contributed by atoms with Gasteiger partial charge in [-0.2, -0.15) is 0 Å². The van der Waals surface area contributed by atoms with Crippen molar-refractivity contribution >= 4 is 17.9 Å². The summed E-state index contributed by atoms with van der Waals surface area (Å²) in [5.41, 5.74) is 0. The van der Waals surface area contributed by atoms with Crippen molar-refractivity contribution in [2.45, 2.75) is 341 Å². The number of unbranched alkanes of at least 4 members (excludes halogenated alkanes) is 42. The first-order valence-corrected chi connectivity index (χ1v) is 29.7. The van der Waals surface area contributed by atoms with Gasteiger partial charge in [0.25, 0.3) is 0 Å². The summed E-state index contributed by atoms with van der Waals surface area (Å²) < 4.78 is 16.9. The second kappa shape index (κ2) is 55.7. The number of hydrogen-bond donors (Lipinski definition) is 0. The van der Waals surface area contributed by atoms with Crippen LogP contribution in [-0.4, -0.2) is 37.2 Å². The fourth-order valence-electron chi connectivity index (χ4n) is 9.03. The SMILES string of the molecule is CCCCCCC/C=C/CCCCCCCC(=O)OC[C@H](COC(=O)CCCCCCCCCCCCCCCCCCCC)OC(=O)CCCCCCCCCCCCCCCCCC. The smallest absolute Gasteiger partial charge is 0.306 e. The maximum absolute atomic E-state index is 12.9. The zero-order valence-electron chi connectivity index (χ0n) is 44.7. The molecular formula is C60H114O6. The molecule has 6 heteroatoms. The molecule has 0 aromatic carbocycles. The number of esters is 3. The Morgan fingerprint density at radius 2 is 0.500 bits per heavy atom. The van der Waals surface area contributed by atoms with E-state index in [1.807, 2.05) is 0 Å². The molecule has 1 atom stereocenters. The minimum Gasteiger partial charge on any atom is -0.462 e. The highest BCUT2D eigenvalue weighted by Gasteiger charge is 2.19. The van der Waals surface area contributed by atoms with Gasteiger partial charge in [-0.15, -0.1) is 0 Å². The Labute approximate surface area is 411 Å². The molecule has 0 bridgehead atoms. The van der Waals surface area contributed by atoms with Crippen molar-refractivity contribution in [3.8, 4) is 0 Å². The summed E-state index contributed by atoms with van der Waals surface area (Å²) in [6.45, 7) is 6.69. The van der Waals surface area contributed by atoms with Crippen LogP contribution in [0.4, 0.5) is 0 Å². The van der Waals surface area contributed by atoms with Gasteiger partial charge in [0.2, 0.25) is 0 Å². The Balaban J connectivity index is 4.30. The molecule has 0 aromatic heterocycles. The van der Waals surface area contributed by atoms with Crippen LogP contribution in [0.5, 0.6) is 0 Å². The normalized spacial score (nSPS) is 12.0. The second-order valence-corrected chi connectivity index (χ2v) is 20.3. The fourth-order valence-corrected chi connectivity index (χ4v) is 9.03. The van der Waals surface area contributed by atoms with Crippen LogP contribution in [0.15, 0.2) is 12.2 Å². The van der Waals surface area contributed by atoms with Crippen LogP contribution in [0.1, 0.15) is 335 Å². The van der Waals surface area contributed by atoms with E-state index in [4.69, 9.17) is 14.2 Å². The topological polar surface area (TPSA) is 78.9 Å². The van der Waals surface area contributed by atoms with Crippen LogP contribution >= 0.6 is 0 Å². The van der Waals surface area contributed by atoms with E-state index < -0.39 is 6.10 Å². The summed E-state index contributed by atoms with van der Waals surface area (Å²) in [5.74, 6) is -0.849. The van der Waals surface area contributed by atoms with Gasteiger partial charge in [-0.25, -0.2) is 0 Å². The number of carbonyl (C=O) groups excluding carboxylic acids is 3.